The Balaban J connectivity index is 1.53. The van der Waals surface area contributed by atoms with E-state index in [1.807, 2.05) is 12.1 Å². The van der Waals surface area contributed by atoms with Crippen molar-refractivity contribution < 1.29 is 13.9 Å². The number of amides is 1. The first-order valence-electron chi connectivity index (χ1n) is 8.77. The summed E-state index contributed by atoms with van der Waals surface area (Å²) in [5.74, 6) is 0.261. The van der Waals surface area contributed by atoms with E-state index >= 15 is 0 Å². The van der Waals surface area contributed by atoms with Crippen molar-refractivity contribution >= 4 is 5.91 Å². The third kappa shape index (κ3) is 5.03. The molecule has 7 heteroatoms. The number of hydrogen-bond acceptors (Lipinski definition) is 4. The Morgan fingerprint density at radius 3 is 2.50 bits per heavy atom. The largest absolute Gasteiger partial charge is 0.497 e. The maximum absolute atomic E-state index is 13.0. The Morgan fingerprint density at radius 1 is 1.14 bits per heavy atom. The molecule has 1 N–H and O–H groups in total. The van der Waals surface area contributed by atoms with Gasteiger partial charge in [0.25, 0.3) is 5.56 Å². The van der Waals surface area contributed by atoms with Crippen molar-refractivity contribution in [2.45, 2.75) is 13.0 Å². The van der Waals surface area contributed by atoms with Gasteiger partial charge in [-0.05, 0) is 42.0 Å². The lowest BCUT2D eigenvalue weighted by Crippen LogP contribution is -2.31. The van der Waals surface area contributed by atoms with Gasteiger partial charge in [-0.2, -0.15) is 0 Å². The molecule has 0 radical (unpaired) electrons. The molecule has 0 aliphatic heterocycles. The van der Waals surface area contributed by atoms with Gasteiger partial charge in [-0.25, -0.2) is 9.37 Å². The van der Waals surface area contributed by atoms with Crippen molar-refractivity contribution in [2.24, 2.45) is 0 Å². The first-order valence-corrected chi connectivity index (χ1v) is 8.77. The SMILES string of the molecule is COc1ccc(CC(=O)NCCn2cnc(-c3ccc(F)cc3)cc2=O)cc1. The number of aromatic nitrogens is 2. The number of ether oxygens (including phenoxy) is 1. The normalized spacial score (nSPS) is 10.5. The molecule has 1 heterocycles. The minimum Gasteiger partial charge on any atom is -0.497 e. The number of hydrogen-bond donors (Lipinski definition) is 1. The lowest BCUT2D eigenvalue weighted by molar-refractivity contribution is -0.120. The van der Waals surface area contributed by atoms with E-state index < -0.39 is 0 Å². The monoisotopic (exact) mass is 381 g/mol. The Hall–Kier alpha value is -3.48. The van der Waals surface area contributed by atoms with Crippen LogP contribution in [0.15, 0.2) is 65.7 Å². The Morgan fingerprint density at radius 2 is 1.86 bits per heavy atom. The molecule has 28 heavy (non-hydrogen) atoms. The van der Waals surface area contributed by atoms with Crippen LogP contribution in [0.5, 0.6) is 5.75 Å². The number of rotatable bonds is 7. The number of methoxy groups -OCH3 is 1. The molecule has 0 fully saturated rings. The minimum atomic E-state index is -0.345. The van der Waals surface area contributed by atoms with E-state index in [-0.39, 0.29) is 23.7 Å². The van der Waals surface area contributed by atoms with Gasteiger partial charge in [0.05, 0.1) is 25.6 Å². The molecule has 3 aromatic rings. The molecule has 6 nitrogen and oxygen atoms in total. The molecule has 0 aliphatic rings. The third-order valence-electron chi connectivity index (χ3n) is 4.22. The predicted molar refractivity (Wildman–Crippen MR) is 104 cm³/mol. The molecule has 3 rings (SSSR count). The van der Waals surface area contributed by atoms with Gasteiger partial charge < -0.3 is 10.1 Å². The van der Waals surface area contributed by atoms with E-state index in [2.05, 4.69) is 10.3 Å². The summed E-state index contributed by atoms with van der Waals surface area (Å²) in [4.78, 5) is 28.5. The van der Waals surface area contributed by atoms with Crippen LogP contribution in [0, 0.1) is 5.82 Å². The molecule has 0 aliphatic carbocycles. The summed E-state index contributed by atoms with van der Waals surface area (Å²) < 4.78 is 19.5. The van der Waals surface area contributed by atoms with Crippen molar-refractivity contribution in [1.29, 1.82) is 0 Å². The fourth-order valence-corrected chi connectivity index (χ4v) is 2.68. The maximum atomic E-state index is 13.0. The summed E-state index contributed by atoms with van der Waals surface area (Å²) in [6.45, 7) is 0.621. The van der Waals surface area contributed by atoms with Gasteiger partial charge in [-0.15, -0.1) is 0 Å². The zero-order valence-electron chi connectivity index (χ0n) is 15.4. The van der Waals surface area contributed by atoms with E-state index in [4.69, 9.17) is 4.74 Å². The average molecular weight is 381 g/mol. The van der Waals surface area contributed by atoms with Gasteiger partial charge in [-0.1, -0.05) is 12.1 Å². The summed E-state index contributed by atoms with van der Waals surface area (Å²) in [6.07, 6.45) is 1.68. The van der Waals surface area contributed by atoms with E-state index in [0.717, 1.165) is 11.3 Å². The van der Waals surface area contributed by atoms with Gasteiger partial charge in [0, 0.05) is 24.7 Å². The van der Waals surface area contributed by atoms with E-state index in [1.54, 1.807) is 31.4 Å². The van der Waals surface area contributed by atoms with Crippen molar-refractivity contribution in [3.05, 3.63) is 82.7 Å². The first kappa shape index (κ1) is 19.3. The van der Waals surface area contributed by atoms with Crippen molar-refractivity contribution in [1.82, 2.24) is 14.9 Å². The number of nitrogens with one attached hydrogen (secondary N) is 1. The number of carbonyl (C=O) groups is 1. The van der Waals surface area contributed by atoms with E-state index in [1.165, 1.54) is 29.1 Å². The van der Waals surface area contributed by atoms with Gasteiger partial charge in [-0.3, -0.25) is 14.2 Å². The molecule has 2 aromatic carbocycles. The van der Waals surface area contributed by atoms with Crippen LogP contribution in [0.4, 0.5) is 4.39 Å². The number of nitrogens with zero attached hydrogens (tertiary/aromatic N) is 2. The highest BCUT2D eigenvalue weighted by molar-refractivity contribution is 5.78. The fraction of sp³-hybridized carbons (Fsp3) is 0.190. The van der Waals surface area contributed by atoms with Crippen LogP contribution in [-0.4, -0.2) is 29.1 Å². The van der Waals surface area contributed by atoms with E-state index in [0.29, 0.717) is 24.3 Å². The van der Waals surface area contributed by atoms with Crippen LogP contribution in [0.2, 0.25) is 0 Å². The van der Waals surface area contributed by atoms with Crippen LogP contribution in [0.1, 0.15) is 5.56 Å². The summed E-state index contributed by atoms with van der Waals surface area (Å²) in [6, 6.07) is 14.4. The highest BCUT2D eigenvalue weighted by Gasteiger charge is 2.06. The third-order valence-corrected chi connectivity index (χ3v) is 4.22. The maximum Gasteiger partial charge on any atom is 0.253 e. The van der Waals surface area contributed by atoms with Gasteiger partial charge >= 0.3 is 0 Å². The zero-order valence-corrected chi connectivity index (χ0v) is 15.4. The van der Waals surface area contributed by atoms with Crippen molar-refractivity contribution in [3.8, 4) is 17.0 Å². The van der Waals surface area contributed by atoms with Crippen LogP contribution in [0.25, 0.3) is 11.3 Å². The average Bonchev–Trinajstić information content (AvgIpc) is 2.70. The second-order valence-corrected chi connectivity index (χ2v) is 6.19. The Bertz CT molecular complexity index is 999. The molecule has 0 saturated carbocycles. The lowest BCUT2D eigenvalue weighted by atomic mass is 10.1. The number of carbonyl (C=O) groups excluding carboxylic acids is 1. The second-order valence-electron chi connectivity index (χ2n) is 6.19. The smallest absolute Gasteiger partial charge is 0.253 e. The molecule has 0 unspecified atom stereocenters. The molecule has 0 bridgehead atoms. The summed E-state index contributed by atoms with van der Waals surface area (Å²) >= 11 is 0. The molecule has 1 aromatic heterocycles. The molecule has 1 amide bonds. The molecule has 144 valence electrons. The Labute approximate surface area is 161 Å². The zero-order chi connectivity index (χ0) is 19.9. The van der Waals surface area contributed by atoms with Crippen molar-refractivity contribution in [3.63, 3.8) is 0 Å². The molecular weight excluding hydrogens is 361 g/mol. The van der Waals surface area contributed by atoms with Crippen LogP contribution in [0.3, 0.4) is 0 Å². The van der Waals surface area contributed by atoms with Gasteiger partial charge in [0.2, 0.25) is 5.91 Å². The second kappa shape index (κ2) is 8.94. The van der Waals surface area contributed by atoms with Crippen LogP contribution in [-0.2, 0) is 17.8 Å². The van der Waals surface area contributed by atoms with Crippen molar-refractivity contribution in [2.75, 3.05) is 13.7 Å². The molecule has 0 saturated heterocycles. The highest BCUT2D eigenvalue weighted by atomic mass is 19.1. The molecule has 0 atom stereocenters. The number of halogens is 1. The summed E-state index contributed by atoms with van der Waals surface area (Å²) in [5, 5.41) is 2.79. The standard InChI is InChI=1S/C21H20FN3O3/c1-28-18-8-2-15(3-9-18)12-20(26)23-10-11-25-14-24-19(13-21(25)27)16-4-6-17(22)7-5-16/h2-9,13-14H,10-12H2,1H3,(H,23,26). The minimum absolute atomic E-state index is 0.130. The fourth-order valence-electron chi connectivity index (χ4n) is 2.68. The Kier molecular flexibility index (Phi) is 6.16. The van der Waals surface area contributed by atoms with Gasteiger partial charge in [0.15, 0.2) is 0 Å². The van der Waals surface area contributed by atoms with E-state index in [9.17, 15) is 14.0 Å². The predicted octanol–water partition coefficient (Wildman–Crippen LogP) is 2.42. The summed E-state index contributed by atoms with van der Waals surface area (Å²) in [5.41, 5.74) is 1.78. The first-order chi connectivity index (χ1) is 13.5. The topological polar surface area (TPSA) is 73.2 Å². The molecule has 0 spiro atoms. The van der Waals surface area contributed by atoms with Gasteiger partial charge in [0.1, 0.15) is 11.6 Å². The lowest BCUT2D eigenvalue weighted by Gasteiger charge is -2.09. The van der Waals surface area contributed by atoms with Crippen LogP contribution >= 0.6 is 0 Å². The quantitative estimate of drug-likeness (QED) is 0.682. The van der Waals surface area contributed by atoms with Crippen LogP contribution < -0.4 is 15.6 Å². The highest BCUT2D eigenvalue weighted by Crippen LogP contribution is 2.15. The number of benzene rings is 2. The summed E-state index contributed by atoms with van der Waals surface area (Å²) in [7, 11) is 1.59. The molecular formula is C21H20FN3O3.